The van der Waals surface area contributed by atoms with Crippen molar-refractivity contribution in [3.8, 4) is 5.75 Å². The summed E-state index contributed by atoms with van der Waals surface area (Å²) in [5, 5.41) is 21.1. The molecule has 2 aromatic heterocycles. The lowest BCUT2D eigenvalue weighted by atomic mass is 9.99. The van der Waals surface area contributed by atoms with Crippen molar-refractivity contribution in [2.24, 2.45) is 0 Å². The first kappa shape index (κ1) is 27.6. The maximum Gasteiger partial charge on any atom is 0.408 e. The number of aromatic nitrogens is 1. The van der Waals surface area contributed by atoms with Crippen LogP contribution in [0.3, 0.4) is 0 Å². The number of pyridine rings is 1. The number of nitrogens with one attached hydrogen (secondary N) is 1. The second-order valence-corrected chi connectivity index (χ2v) is 8.58. The molecular formula is C27H34N2O6. The zero-order valence-corrected chi connectivity index (χ0v) is 20.5. The predicted molar refractivity (Wildman–Crippen MR) is 135 cm³/mol. The molecule has 35 heavy (non-hydrogen) atoms. The van der Waals surface area contributed by atoms with Gasteiger partial charge < -0.3 is 14.6 Å². The van der Waals surface area contributed by atoms with Gasteiger partial charge in [-0.1, -0.05) is 45.3 Å². The quantitative estimate of drug-likeness (QED) is 0.186. The molecule has 0 aliphatic rings. The van der Waals surface area contributed by atoms with Gasteiger partial charge in [0.15, 0.2) is 5.78 Å². The Hall–Kier alpha value is -3.68. The number of carboxylic acid groups (broad SMARTS) is 1. The summed E-state index contributed by atoms with van der Waals surface area (Å²) >= 11 is 0. The normalized spacial score (nSPS) is 12.6. The summed E-state index contributed by atoms with van der Waals surface area (Å²) in [5.74, 6) is -1.01. The largest absolute Gasteiger partial charge is 0.507 e. The summed E-state index contributed by atoms with van der Waals surface area (Å²) < 4.78 is 5.33. The van der Waals surface area contributed by atoms with Crippen LogP contribution in [0.1, 0.15) is 92.6 Å². The maximum absolute atomic E-state index is 12.9. The Morgan fingerprint density at radius 2 is 2.00 bits per heavy atom. The molecule has 0 aliphatic heterocycles. The number of aryl methyl sites for hydroxylation is 1. The van der Waals surface area contributed by atoms with Crippen molar-refractivity contribution >= 4 is 18.0 Å². The highest BCUT2D eigenvalue weighted by Gasteiger charge is 2.22. The fourth-order valence-corrected chi connectivity index (χ4v) is 3.57. The number of hydrogen-bond acceptors (Lipinski definition) is 6. The van der Waals surface area contributed by atoms with Crippen LogP contribution < -0.4 is 10.9 Å². The molecular weight excluding hydrogens is 448 g/mol. The van der Waals surface area contributed by atoms with Crippen LogP contribution in [0.15, 0.2) is 51.5 Å². The van der Waals surface area contributed by atoms with Crippen molar-refractivity contribution < 1.29 is 24.2 Å². The van der Waals surface area contributed by atoms with Gasteiger partial charge >= 0.3 is 11.7 Å². The molecule has 188 valence electrons. The Balaban J connectivity index is 2.07. The van der Waals surface area contributed by atoms with Gasteiger partial charge in [-0.2, -0.15) is 0 Å². The Kier molecular flexibility index (Phi) is 10.9. The minimum absolute atomic E-state index is 0.226. The first-order chi connectivity index (χ1) is 16.7. The summed E-state index contributed by atoms with van der Waals surface area (Å²) in [6.45, 7) is 5.56. The Morgan fingerprint density at radius 3 is 2.63 bits per heavy atom. The van der Waals surface area contributed by atoms with E-state index >= 15 is 0 Å². The van der Waals surface area contributed by atoms with Crippen LogP contribution >= 0.6 is 0 Å². The van der Waals surface area contributed by atoms with Crippen LogP contribution in [0.25, 0.3) is 6.08 Å². The van der Waals surface area contributed by atoms with Crippen molar-refractivity contribution in [2.75, 3.05) is 0 Å². The highest BCUT2D eigenvalue weighted by Crippen LogP contribution is 2.26. The number of aromatic hydroxyl groups is 1. The molecule has 2 aromatic rings. The topological polar surface area (TPSA) is 130 Å². The van der Waals surface area contributed by atoms with Gasteiger partial charge in [-0.3, -0.25) is 15.1 Å². The fraction of sp³-hybridized carbons (Fsp3) is 0.407. The second-order valence-electron chi connectivity index (χ2n) is 8.58. The third-order valence-corrected chi connectivity index (χ3v) is 5.63. The van der Waals surface area contributed by atoms with Crippen molar-refractivity contribution in [2.45, 2.75) is 71.6 Å². The van der Waals surface area contributed by atoms with E-state index in [4.69, 9.17) is 9.52 Å². The minimum Gasteiger partial charge on any atom is -0.507 e. The summed E-state index contributed by atoms with van der Waals surface area (Å²) in [7, 11) is 0. The summed E-state index contributed by atoms with van der Waals surface area (Å²) in [6, 6.07) is 5.11. The second kappa shape index (κ2) is 13.9. The van der Waals surface area contributed by atoms with E-state index in [0.717, 1.165) is 24.1 Å². The molecule has 0 fully saturated rings. The van der Waals surface area contributed by atoms with Crippen LogP contribution in [0.2, 0.25) is 0 Å². The van der Waals surface area contributed by atoms with E-state index in [9.17, 15) is 19.5 Å². The Labute approximate surface area is 205 Å². The van der Waals surface area contributed by atoms with Crippen LogP contribution in [0.4, 0.5) is 4.79 Å². The van der Waals surface area contributed by atoms with Crippen molar-refractivity contribution in [1.82, 2.24) is 10.3 Å². The molecule has 0 saturated heterocycles. The first-order valence-electron chi connectivity index (χ1n) is 11.9. The number of allylic oxidation sites excluding steroid dienone is 2. The molecule has 0 aromatic carbocycles. The smallest absolute Gasteiger partial charge is 0.408 e. The molecule has 0 radical (unpaired) electrons. The molecule has 0 aliphatic carbocycles. The van der Waals surface area contributed by atoms with E-state index in [1.807, 2.05) is 19.1 Å². The third kappa shape index (κ3) is 8.88. The van der Waals surface area contributed by atoms with Gasteiger partial charge in [-0.05, 0) is 55.9 Å². The number of Topliss-reactive ketones (excluding diaryl/α,β-unsaturated/α-hetero) is 1. The number of rotatable bonds is 13. The molecule has 2 heterocycles. The van der Waals surface area contributed by atoms with E-state index in [-0.39, 0.29) is 17.3 Å². The predicted octanol–water partition coefficient (Wildman–Crippen LogP) is 5.81. The van der Waals surface area contributed by atoms with Crippen LogP contribution in [-0.4, -0.2) is 27.1 Å². The molecule has 1 amide bonds. The van der Waals surface area contributed by atoms with Crippen LogP contribution in [0, 0.1) is 0 Å². The number of carbonyl (C=O) groups excluding carboxylic acids is 1. The highest BCUT2D eigenvalue weighted by molar-refractivity contribution is 6.12. The monoisotopic (exact) mass is 482 g/mol. The summed E-state index contributed by atoms with van der Waals surface area (Å²) in [5.41, 5.74) is 0.711. The van der Waals surface area contributed by atoms with Crippen molar-refractivity contribution in [3.05, 3.63) is 75.2 Å². The molecule has 0 spiro atoms. The van der Waals surface area contributed by atoms with E-state index in [1.165, 1.54) is 31.5 Å². The highest BCUT2D eigenvalue weighted by atomic mass is 16.4. The van der Waals surface area contributed by atoms with E-state index in [1.54, 1.807) is 25.3 Å². The SMILES string of the molecule is CCCCCCc1ccc(C=C(C)C(=O)c2c(O)cc(C(C)CCC=CNC(=O)O)oc2=O)cn1. The van der Waals surface area contributed by atoms with E-state index < -0.39 is 28.8 Å². The average Bonchev–Trinajstić information content (AvgIpc) is 2.81. The number of carbonyl (C=O) groups is 2. The van der Waals surface area contributed by atoms with Gasteiger partial charge in [-0.25, -0.2) is 9.59 Å². The summed E-state index contributed by atoms with van der Waals surface area (Å²) in [4.78, 5) is 40.3. The van der Waals surface area contributed by atoms with Gasteiger partial charge in [0.05, 0.1) is 0 Å². The maximum atomic E-state index is 12.9. The Bertz CT molecular complexity index is 1120. The molecule has 1 unspecified atom stereocenters. The zero-order valence-electron chi connectivity index (χ0n) is 20.5. The minimum atomic E-state index is -1.15. The Morgan fingerprint density at radius 1 is 1.23 bits per heavy atom. The number of amides is 1. The van der Waals surface area contributed by atoms with Gasteiger partial charge in [0.2, 0.25) is 0 Å². The van der Waals surface area contributed by atoms with Crippen LogP contribution in [-0.2, 0) is 6.42 Å². The summed E-state index contributed by atoms with van der Waals surface area (Å²) in [6.07, 6.45) is 11.8. The lowest BCUT2D eigenvalue weighted by Crippen LogP contribution is -2.16. The number of ketones is 1. The number of hydrogen-bond donors (Lipinski definition) is 3. The van der Waals surface area contributed by atoms with E-state index in [2.05, 4.69) is 17.2 Å². The van der Waals surface area contributed by atoms with Crippen LogP contribution in [0.5, 0.6) is 5.75 Å². The van der Waals surface area contributed by atoms with Crippen molar-refractivity contribution in [3.63, 3.8) is 0 Å². The zero-order chi connectivity index (χ0) is 25.8. The molecule has 0 bridgehead atoms. The van der Waals surface area contributed by atoms with Gasteiger partial charge in [0.25, 0.3) is 0 Å². The molecule has 0 saturated carbocycles. The van der Waals surface area contributed by atoms with Gasteiger partial charge in [-0.15, -0.1) is 0 Å². The molecule has 8 heteroatoms. The third-order valence-electron chi connectivity index (χ3n) is 5.63. The lowest BCUT2D eigenvalue weighted by Gasteiger charge is -2.11. The average molecular weight is 483 g/mol. The van der Waals surface area contributed by atoms with Crippen molar-refractivity contribution in [1.29, 1.82) is 0 Å². The standard InChI is InChI=1S/C27H34N2O6/c1-4-5-6-7-11-21-13-12-20(17-29-21)15-19(3)25(31)24-22(30)16-23(35-26(24)32)18(2)10-8-9-14-28-27(33)34/h9,12-18,28,30H,4-8,10-11H2,1-3H3,(H,33,34). The molecule has 3 N–H and O–H groups in total. The van der Waals surface area contributed by atoms with E-state index in [0.29, 0.717) is 12.8 Å². The number of unbranched alkanes of at least 4 members (excludes halogenated alkanes) is 3. The number of nitrogens with zero attached hydrogens (tertiary/aromatic N) is 1. The van der Waals surface area contributed by atoms with Gasteiger partial charge in [0, 0.05) is 30.1 Å². The molecule has 1 atom stereocenters. The molecule has 2 rings (SSSR count). The fourth-order valence-electron chi connectivity index (χ4n) is 3.57. The lowest BCUT2D eigenvalue weighted by molar-refractivity contribution is 0.102. The van der Waals surface area contributed by atoms with Gasteiger partial charge in [0.1, 0.15) is 17.1 Å². The first-order valence-corrected chi connectivity index (χ1v) is 11.9. The molecule has 8 nitrogen and oxygen atoms in total.